The van der Waals surface area contributed by atoms with Crippen LogP contribution in [0.15, 0.2) is 30.5 Å². The molecule has 0 spiro atoms. The fourth-order valence-corrected chi connectivity index (χ4v) is 2.83. The maximum atomic E-state index is 12.7. The summed E-state index contributed by atoms with van der Waals surface area (Å²) in [6.07, 6.45) is 3.30. The van der Waals surface area contributed by atoms with Crippen LogP contribution in [0, 0.1) is 6.92 Å². The molecule has 1 aromatic carbocycles. The van der Waals surface area contributed by atoms with Gasteiger partial charge in [-0.05, 0) is 37.8 Å². The lowest BCUT2D eigenvalue weighted by Gasteiger charge is -2.26. The second-order valence-electron chi connectivity index (χ2n) is 7.10. The minimum Gasteiger partial charge on any atom is -0.350 e. The molecule has 2 rings (SSSR count). The maximum absolute atomic E-state index is 12.7. The Morgan fingerprint density at radius 3 is 2.36 bits per heavy atom. The van der Waals surface area contributed by atoms with Gasteiger partial charge in [0.05, 0.1) is 23.1 Å². The molecule has 1 aromatic heterocycles. The number of hydrogen-bond donors (Lipinski definition) is 2. The van der Waals surface area contributed by atoms with E-state index in [1.54, 1.807) is 6.20 Å². The first-order valence-corrected chi connectivity index (χ1v) is 9.03. The highest BCUT2D eigenvalue weighted by atomic mass is 16.1. The van der Waals surface area contributed by atoms with Crippen LogP contribution in [0.4, 0.5) is 0 Å². The third-order valence-corrected chi connectivity index (χ3v) is 4.89. The normalized spacial score (nSPS) is 11.8. The molecule has 1 heterocycles. The maximum Gasteiger partial charge on any atom is 0.254 e. The fourth-order valence-electron chi connectivity index (χ4n) is 2.83. The first-order valence-electron chi connectivity index (χ1n) is 9.03. The molecule has 0 aliphatic carbocycles. The molecule has 3 N–H and O–H groups in total. The van der Waals surface area contributed by atoms with Crippen LogP contribution in [-0.4, -0.2) is 27.8 Å². The van der Waals surface area contributed by atoms with E-state index in [1.807, 2.05) is 42.8 Å². The molecule has 1 amide bonds. The van der Waals surface area contributed by atoms with Crippen molar-refractivity contribution in [1.82, 2.24) is 15.1 Å². The lowest BCUT2D eigenvalue weighted by molar-refractivity contribution is 0.0941. The van der Waals surface area contributed by atoms with Crippen molar-refractivity contribution in [2.24, 2.45) is 5.73 Å². The van der Waals surface area contributed by atoms with Crippen molar-refractivity contribution in [3.05, 3.63) is 47.3 Å². The molecule has 5 heteroatoms. The van der Waals surface area contributed by atoms with Crippen LogP contribution in [0.5, 0.6) is 0 Å². The lowest BCUT2D eigenvalue weighted by Crippen LogP contribution is -2.49. The molecular weight excluding hydrogens is 312 g/mol. The molecule has 0 bridgehead atoms. The zero-order valence-corrected chi connectivity index (χ0v) is 16.0. The Kier molecular flexibility index (Phi) is 6.01. The molecule has 0 aliphatic rings. The Balaban J connectivity index is 2.29. The monoisotopic (exact) mass is 342 g/mol. The van der Waals surface area contributed by atoms with E-state index in [4.69, 9.17) is 5.73 Å². The molecule has 0 saturated heterocycles. The lowest BCUT2D eigenvalue weighted by atomic mass is 9.94. The summed E-state index contributed by atoms with van der Waals surface area (Å²) < 4.78 is 1.86. The zero-order valence-electron chi connectivity index (χ0n) is 16.0. The van der Waals surface area contributed by atoms with Gasteiger partial charge in [-0.25, -0.2) is 4.68 Å². The minimum absolute atomic E-state index is 0.112. The van der Waals surface area contributed by atoms with Crippen LogP contribution in [0.3, 0.4) is 0 Å². The summed E-state index contributed by atoms with van der Waals surface area (Å²) in [5.74, 6) is 0.0586. The number of nitrogens with one attached hydrogen (secondary N) is 1. The second kappa shape index (κ2) is 7.83. The van der Waals surface area contributed by atoms with Crippen molar-refractivity contribution in [2.75, 3.05) is 6.54 Å². The summed E-state index contributed by atoms with van der Waals surface area (Å²) in [7, 11) is 0. The molecule has 0 radical (unpaired) electrons. The van der Waals surface area contributed by atoms with Gasteiger partial charge in [0.2, 0.25) is 0 Å². The predicted molar refractivity (Wildman–Crippen MR) is 102 cm³/mol. The highest BCUT2D eigenvalue weighted by molar-refractivity contribution is 5.95. The molecule has 2 aromatic rings. The van der Waals surface area contributed by atoms with Gasteiger partial charge in [-0.1, -0.05) is 45.4 Å². The van der Waals surface area contributed by atoms with E-state index in [2.05, 4.69) is 31.2 Å². The van der Waals surface area contributed by atoms with Crippen LogP contribution in [-0.2, 0) is 0 Å². The largest absolute Gasteiger partial charge is 0.350 e. The summed E-state index contributed by atoms with van der Waals surface area (Å²) in [6, 6.07) is 8.14. The van der Waals surface area contributed by atoms with Crippen molar-refractivity contribution in [1.29, 1.82) is 0 Å². The standard InChI is InChI=1S/C20H30N4O/c1-6-20(21,7-2)13-22-19(25)17-12-23-24(18(17)14(3)4)16-10-8-15(5)9-11-16/h8-12,14H,6-7,13,21H2,1-5H3,(H,22,25). The van der Waals surface area contributed by atoms with Gasteiger partial charge in [0, 0.05) is 12.1 Å². The second-order valence-corrected chi connectivity index (χ2v) is 7.10. The van der Waals surface area contributed by atoms with E-state index < -0.39 is 0 Å². The van der Waals surface area contributed by atoms with Crippen molar-refractivity contribution in [2.45, 2.75) is 58.9 Å². The molecule has 5 nitrogen and oxygen atoms in total. The molecule has 136 valence electrons. The molecule has 0 fully saturated rings. The fraction of sp³-hybridized carbons (Fsp3) is 0.500. The third kappa shape index (κ3) is 4.28. The van der Waals surface area contributed by atoms with Gasteiger partial charge in [-0.3, -0.25) is 4.79 Å². The molecule has 0 saturated carbocycles. The summed E-state index contributed by atoms with van der Waals surface area (Å²) in [5, 5.41) is 7.46. The average molecular weight is 342 g/mol. The highest BCUT2D eigenvalue weighted by Crippen LogP contribution is 2.23. The van der Waals surface area contributed by atoms with Gasteiger partial charge in [0.25, 0.3) is 5.91 Å². The number of amides is 1. The van der Waals surface area contributed by atoms with Crippen LogP contribution in [0.25, 0.3) is 5.69 Å². The first kappa shape index (κ1) is 19.2. The Morgan fingerprint density at radius 2 is 1.84 bits per heavy atom. The number of hydrogen-bond acceptors (Lipinski definition) is 3. The predicted octanol–water partition coefficient (Wildman–Crippen LogP) is 3.55. The zero-order chi connectivity index (χ0) is 18.6. The van der Waals surface area contributed by atoms with Crippen molar-refractivity contribution in [3.63, 3.8) is 0 Å². The van der Waals surface area contributed by atoms with Gasteiger partial charge < -0.3 is 11.1 Å². The van der Waals surface area contributed by atoms with Gasteiger partial charge in [0.15, 0.2) is 0 Å². The highest BCUT2D eigenvalue weighted by Gasteiger charge is 2.24. The van der Waals surface area contributed by atoms with Crippen LogP contribution < -0.4 is 11.1 Å². The average Bonchev–Trinajstić information content (AvgIpc) is 3.05. The van der Waals surface area contributed by atoms with Crippen molar-refractivity contribution >= 4 is 5.91 Å². The Labute approximate surface area is 150 Å². The number of carbonyl (C=O) groups excluding carboxylic acids is 1. The van der Waals surface area contributed by atoms with Gasteiger partial charge in [-0.2, -0.15) is 5.10 Å². The molecule has 0 aliphatic heterocycles. The first-order chi connectivity index (χ1) is 11.8. The molecule has 0 unspecified atom stereocenters. The van der Waals surface area contributed by atoms with Crippen LogP contribution in [0.1, 0.15) is 68.1 Å². The molecule has 0 atom stereocenters. The van der Waals surface area contributed by atoms with Gasteiger partial charge >= 0.3 is 0 Å². The molecular formula is C20H30N4O. The quantitative estimate of drug-likeness (QED) is 0.808. The Bertz CT molecular complexity index is 712. The number of aromatic nitrogens is 2. The Morgan fingerprint density at radius 1 is 1.24 bits per heavy atom. The third-order valence-electron chi connectivity index (χ3n) is 4.89. The van der Waals surface area contributed by atoms with Crippen molar-refractivity contribution < 1.29 is 4.79 Å². The number of rotatable bonds is 7. The number of nitrogens with two attached hydrogens (primary N) is 1. The Hall–Kier alpha value is -2.14. The SMILES string of the molecule is CCC(N)(CC)CNC(=O)c1cnn(-c2ccc(C)cc2)c1C(C)C. The summed E-state index contributed by atoms with van der Waals surface area (Å²) in [6.45, 7) is 10.8. The van der Waals surface area contributed by atoms with Gasteiger partial charge in [0.1, 0.15) is 0 Å². The summed E-state index contributed by atoms with van der Waals surface area (Å²) in [5.41, 5.74) is 9.62. The van der Waals surface area contributed by atoms with Crippen LogP contribution in [0.2, 0.25) is 0 Å². The molecule has 25 heavy (non-hydrogen) atoms. The number of benzene rings is 1. The van der Waals surface area contributed by atoms with E-state index in [0.29, 0.717) is 12.1 Å². The topological polar surface area (TPSA) is 72.9 Å². The van der Waals surface area contributed by atoms with E-state index in [9.17, 15) is 4.79 Å². The number of carbonyl (C=O) groups is 1. The number of nitrogens with zero attached hydrogens (tertiary/aromatic N) is 2. The summed E-state index contributed by atoms with van der Waals surface area (Å²) >= 11 is 0. The van der Waals surface area contributed by atoms with E-state index in [-0.39, 0.29) is 17.4 Å². The smallest absolute Gasteiger partial charge is 0.254 e. The minimum atomic E-state index is -0.361. The van der Waals surface area contributed by atoms with Crippen LogP contribution >= 0.6 is 0 Å². The van der Waals surface area contributed by atoms with E-state index in [1.165, 1.54) is 5.56 Å². The van der Waals surface area contributed by atoms with Gasteiger partial charge in [-0.15, -0.1) is 0 Å². The van der Waals surface area contributed by atoms with E-state index >= 15 is 0 Å². The van der Waals surface area contributed by atoms with E-state index in [0.717, 1.165) is 24.2 Å². The number of aryl methyl sites for hydroxylation is 1. The summed E-state index contributed by atoms with van der Waals surface area (Å²) in [4.78, 5) is 12.7. The van der Waals surface area contributed by atoms with Crippen molar-refractivity contribution in [3.8, 4) is 5.69 Å².